The molecule has 1 spiro atoms. The first-order valence-corrected chi connectivity index (χ1v) is 10.4. The minimum atomic E-state index is -0.517. The molecule has 0 bridgehead atoms. The number of aromatic nitrogens is 2. The first-order chi connectivity index (χ1) is 14.6. The molecule has 0 saturated carbocycles. The van der Waals surface area contributed by atoms with Crippen LogP contribution in [0.2, 0.25) is 0 Å². The van der Waals surface area contributed by atoms with Gasteiger partial charge in [0.15, 0.2) is 6.10 Å². The van der Waals surface area contributed by atoms with Crippen molar-refractivity contribution in [2.24, 2.45) is 0 Å². The van der Waals surface area contributed by atoms with Crippen molar-refractivity contribution in [2.75, 3.05) is 40.5 Å². The normalized spacial score (nSPS) is 20.7. The average molecular weight is 415 g/mol. The van der Waals surface area contributed by atoms with Crippen molar-refractivity contribution in [3.05, 3.63) is 48.0 Å². The molecular formula is C22H30N4O4. The van der Waals surface area contributed by atoms with Crippen LogP contribution in [0.4, 0.5) is 0 Å². The van der Waals surface area contributed by atoms with Crippen molar-refractivity contribution in [3.63, 3.8) is 0 Å². The highest BCUT2D eigenvalue weighted by Crippen LogP contribution is 2.40. The quantitative estimate of drug-likeness (QED) is 0.693. The molecular weight excluding hydrogens is 384 g/mol. The third-order valence-electron chi connectivity index (χ3n) is 5.98. The summed E-state index contributed by atoms with van der Waals surface area (Å²) in [5.74, 6) is 1.72. The number of fused-ring (bicyclic) bond motifs is 2. The maximum atomic E-state index is 12.6. The Balaban J connectivity index is 1.41. The molecule has 2 aromatic rings. The molecule has 1 aromatic carbocycles. The van der Waals surface area contributed by atoms with Gasteiger partial charge in [0, 0.05) is 45.7 Å². The maximum Gasteiger partial charge on any atom is 0.251 e. The zero-order chi connectivity index (χ0) is 21.0. The summed E-state index contributed by atoms with van der Waals surface area (Å²) in [5.41, 5.74) is 0.745. The molecule has 1 fully saturated rings. The maximum absolute atomic E-state index is 12.6. The van der Waals surface area contributed by atoms with Crippen LogP contribution in [0.15, 0.2) is 36.7 Å². The lowest BCUT2D eigenvalue weighted by Crippen LogP contribution is -2.54. The van der Waals surface area contributed by atoms with Crippen molar-refractivity contribution in [1.82, 2.24) is 19.8 Å². The lowest BCUT2D eigenvalue weighted by molar-refractivity contribution is -0.174. The molecule has 4 rings (SSSR count). The minimum Gasteiger partial charge on any atom is -0.497 e. The number of amides is 1. The van der Waals surface area contributed by atoms with Crippen LogP contribution >= 0.6 is 0 Å². The zero-order valence-electron chi connectivity index (χ0n) is 17.7. The summed E-state index contributed by atoms with van der Waals surface area (Å²) >= 11 is 0. The van der Waals surface area contributed by atoms with Crippen LogP contribution in [0, 0.1) is 0 Å². The van der Waals surface area contributed by atoms with Gasteiger partial charge in [-0.15, -0.1) is 0 Å². The van der Waals surface area contributed by atoms with Gasteiger partial charge in [0.1, 0.15) is 17.2 Å². The number of methoxy groups -OCH3 is 2. The highest BCUT2D eigenvalue weighted by atomic mass is 16.5. The SMILES string of the molecule is COCCNC(=O)[C@H]1Cn2ccnc2C2(CCN(Cc3ccc(OC)cc3)CC2)O1. The number of likely N-dealkylation sites (tertiary alicyclic amines) is 1. The highest BCUT2D eigenvalue weighted by Gasteiger charge is 2.47. The van der Waals surface area contributed by atoms with E-state index in [4.69, 9.17) is 14.2 Å². The van der Waals surface area contributed by atoms with Gasteiger partial charge < -0.3 is 24.1 Å². The van der Waals surface area contributed by atoms with E-state index in [0.29, 0.717) is 19.7 Å². The number of hydrogen-bond acceptors (Lipinski definition) is 6. The summed E-state index contributed by atoms with van der Waals surface area (Å²) in [7, 11) is 3.30. The number of carbonyl (C=O) groups is 1. The lowest BCUT2D eigenvalue weighted by atomic mass is 9.88. The van der Waals surface area contributed by atoms with Crippen molar-refractivity contribution in [1.29, 1.82) is 0 Å². The summed E-state index contributed by atoms with van der Waals surface area (Å²) in [6.07, 6.45) is 4.84. The summed E-state index contributed by atoms with van der Waals surface area (Å²) in [6.45, 7) is 4.11. The van der Waals surface area contributed by atoms with Crippen LogP contribution in [0.3, 0.4) is 0 Å². The number of hydrogen-bond donors (Lipinski definition) is 1. The first kappa shape index (κ1) is 20.8. The minimum absolute atomic E-state index is 0.0913. The topological polar surface area (TPSA) is 77.9 Å². The molecule has 3 heterocycles. The van der Waals surface area contributed by atoms with Gasteiger partial charge >= 0.3 is 0 Å². The second-order valence-corrected chi connectivity index (χ2v) is 7.91. The summed E-state index contributed by atoms with van der Waals surface area (Å²) in [5, 5.41) is 2.91. The molecule has 2 aliphatic heterocycles. The van der Waals surface area contributed by atoms with Crippen molar-refractivity contribution >= 4 is 5.91 Å². The number of ether oxygens (including phenoxy) is 3. The van der Waals surface area contributed by atoms with Crippen LogP contribution in [-0.2, 0) is 33.0 Å². The van der Waals surface area contributed by atoms with E-state index in [9.17, 15) is 4.79 Å². The highest BCUT2D eigenvalue weighted by molar-refractivity contribution is 5.80. The predicted molar refractivity (Wildman–Crippen MR) is 111 cm³/mol. The van der Waals surface area contributed by atoms with Gasteiger partial charge in [0.25, 0.3) is 5.91 Å². The predicted octanol–water partition coefficient (Wildman–Crippen LogP) is 1.54. The lowest BCUT2D eigenvalue weighted by Gasteiger charge is -2.45. The monoisotopic (exact) mass is 414 g/mol. The van der Waals surface area contributed by atoms with Gasteiger partial charge in [-0.2, -0.15) is 0 Å². The van der Waals surface area contributed by atoms with Gasteiger partial charge in [-0.3, -0.25) is 9.69 Å². The van der Waals surface area contributed by atoms with Crippen LogP contribution in [0.5, 0.6) is 5.75 Å². The molecule has 0 unspecified atom stereocenters. The van der Waals surface area contributed by atoms with Crippen LogP contribution in [-0.4, -0.2) is 66.9 Å². The van der Waals surface area contributed by atoms with E-state index in [2.05, 4.69) is 31.9 Å². The number of benzene rings is 1. The van der Waals surface area contributed by atoms with E-state index < -0.39 is 11.7 Å². The molecule has 30 heavy (non-hydrogen) atoms. The Morgan fingerprint density at radius 3 is 2.73 bits per heavy atom. The molecule has 1 atom stereocenters. The van der Waals surface area contributed by atoms with Gasteiger partial charge in [0.2, 0.25) is 0 Å². The first-order valence-electron chi connectivity index (χ1n) is 10.4. The Morgan fingerprint density at radius 1 is 1.27 bits per heavy atom. The smallest absolute Gasteiger partial charge is 0.251 e. The van der Waals surface area contributed by atoms with Crippen LogP contribution in [0.1, 0.15) is 24.2 Å². The van der Waals surface area contributed by atoms with Gasteiger partial charge in [-0.1, -0.05) is 12.1 Å². The van der Waals surface area contributed by atoms with Crippen molar-refractivity contribution in [3.8, 4) is 5.75 Å². The number of nitrogens with one attached hydrogen (secondary N) is 1. The van der Waals surface area contributed by atoms with E-state index in [1.807, 2.05) is 18.3 Å². The standard InChI is InChI=1S/C22H30N4O4/c1-28-14-10-23-20(27)19-16-26-13-9-24-21(26)22(30-19)7-11-25(12-8-22)15-17-3-5-18(29-2)6-4-17/h3-6,9,13,19H,7-8,10-12,14-16H2,1-2H3,(H,23,27)/t19-/m1/s1. The summed E-state index contributed by atoms with van der Waals surface area (Å²) in [6, 6.07) is 8.20. The second-order valence-electron chi connectivity index (χ2n) is 7.91. The average Bonchev–Trinajstić information content (AvgIpc) is 3.26. The Hall–Kier alpha value is -2.42. The number of carbonyl (C=O) groups excluding carboxylic acids is 1. The number of rotatable bonds is 7. The van der Waals surface area contributed by atoms with E-state index in [1.54, 1.807) is 20.4 Å². The molecule has 2 aliphatic rings. The van der Waals surface area contributed by atoms with E-state index in [-0.39, 0.29) is 5.91 Å². The molecule has 1 saturated heterocycles. The molecule has 1 amide bonds. The largest absolute Gasteiger partial charge is 0.497 e. The number of imidazole rings is 1. The van der Waals surface area contributed by atoms with Crippen LogP contribution in [0.25, 0.3) is 0 Å². The Bertz CT molecular complexity index is 843. The fourth-order valence-electron chi connectivity index (χ4n) is 4.33. The molecule has 8 heteroatoms. The fourth-order valence-corrected chi connectivity index (χ4v) is 4.33. The van der Waals surface area contributed by atoms with Crippen LogP contribution < -0.4 is 10.1 Å². The molecule has 1 aromatic heterocycles. The number of piperidine rings is 1. The Labute approximate surface area is 177 Å². The van der Waals surface area contributed by atoms with E-state index in [0.717, 1.165) is 44.0 Å². The van der Waals surface area contributed by atoms with E-state index >= 15 is 0 Å². The van der Waals surface area contributed by atoms with E-state index in [1.165, 1.54) is 5.56 Å². The van der Waals surface area contributed by atoms with Gasteiger partial charge in [-0.25, -0.2) is 4.98 Å². The summed E-state index contributed by atoms with van der Waals surface area (Å²) in [4.78, 5) is 19.6. The third kappa shape index (κ3) is 4.35. The van der Waals surface area contributed by atoms with Crippen molar-refractivity contribution < 1.29 is 19.0 Å². The molecule has 1 N–H and O–H groups in total. The Morgan fingerprint density at radius 2 is 2.03 bits per heavy atom. The van der Waals surface area contributed by atoms with Gasteiger partial charge in [0.05, 0.1) is 20.3 Å². The zero-order valence-corrected chi connectivity index (χ0v) is 17.7. The molecule has 8 nitrogen and oxygen atoms in total. The molecule has 0 aliphatic carbocycles. The van der Waals surface area contributed by atoms with Crippen molar-refractivity contribution in [2.45, 2.75) is 37.6 Å². The summed E-state index contributed by atoms with van der Waals surface area (Å²) < 4.78 is 18.8. The molecule has 162 valence electrons. The second kappa shape index (κ2) is 9.16. The number of nitrogens with zero attached hydrogens (tertiary/aromatic N) is 3. The Kier molecular flexibility index (Phi) is 6.36. The molecule has 0 radical (unpaired) electrons. The van der Waals surface area contributed by atoms with Gasteiger partial charge in [-0.05, 0) is 30.5 Å². The third-order valence-corrected chi connectivity index (χ3v) is 5.98. The fraction of sp³-hybridized carbons (Fsp3) is 0.545.